The monoisotopic (exact) mass is 168 g/mol. The van der Waals surface area contributed by atoms with Gasteiger partial charge in [-0.25, -0.2) is 0 Å². The lowest BCUT2D eigenvalue weighted by Gasteiger charge is -2.14. The van der Waals surface area contributed by atoms with Crippen LogP contribution in [0.2, 0.25) is 0 Å². The van der Waals surface area contributed by atoms with Crippen LogP contribution in [0.1, 0.15) is 53.9 Å². The molecule has 1 aliphatic rings. The Hall–Kier alpha value is 0. The summed E-state index contributed by atoms with van der Waals surface area (Å²) >= 11 is 0. The van der Waals surface area contributed by atoms with E-state index in [4.69, 9.17) is 0 Å². The molecule has 0 aliphatic heterocycles. The molecule has 72 valence electrons. The van der Waals surface area contributed by atoms with Gasteiger partial charge in [0.15, 0.2) is 0 Å². The Morgan fingerprint density at radius 2 is 1.83 bits per heavy atom. The summed E-state index contributed by atoms with van der Waals surface area (Å²) in [4.78, 5) is 0. The normalized spacial score (nSPS) is 34.8. The summed E-state index contributed by atoms with van der Waals surface area (Å²) in [7, 11) is 0. The Labute approximate surface area is 77.7 Å². The number of hydrogen-bond donors (Lipinski definition) is 0. The van der Waals surface area contributed by atoms with E-state index < -0.39 is 0 Å². The fraction of sp³-hybridized carbons (Fsp3) is 1.00. The average molecular weight is 168 g/mol. The molecule has 0 aromatic carbocycles. The minimum Gasteiger partial charge on any atom is -0.0628 e. The second kappa shape index (κ2) is 3.40. The summed E-state index contributed by atoms with van der Waals surface area (Å²) in [5.41, 5.74) is 0.721. The molecule has 0 radical (unpaired) electrons. The summed E-state index contributed by atoms with van der Waals surface area (Å²) in [5, 5.41) is 0. The average Bonchev–Trinajstić information content (AvgIpc) is 2.60. The Balaban J connectivity index is 2.26. The molecule has 1 fully saturated rings. The van der Waals surface area contributed by atoms with E-state index >= 15 is 0 Å². The van der Waals surface area contributed by atoms with Crippen molar-refractivity contribution < 1.29 is 0 Å². The van der Waals surface area contributed by atoms with Crippen molar-refractivity contribution in [3.8, 4) is 0 Å². The fourth-order valence-corrected chi connectivity index (χ4v) is 2.39. The Morgan fingerprint density at radius 3 is 2.17 bits per heavy atom. The quantitative estimate of drug-likeness (QED) is 0.592. The summed E-state index contributed by atoms with van der Waals surface area (Å²) in [6.45, 7) is 11.9. The molecule has 2 unspecified atom stereocenters. The molecule has 0 heterocycles. The highest BCUT2D eigenvalue weighted by Gasteiger charge is 2.50. The zero-order valence-corrected chi connectivity index (χ0v) is 9.35. The Bertz CT molecular complexity index is 146. The van der Waals surface area contributed by atoms with Gasteiger partial charge in [-0.05, 0) is 36.0 Å². The predicted octanol–water partition coefficient (Wildman–Crippen LogP) is 4.10. The Morgan fingerprint density at radius 1 is 1.25 bits per heavy atom. The van der Waals surface area contributed by atoms with Crippen molar-refractivity contribution in [2.75, 3.05) is 0 Å². The SMILES string of the molecule is CC(C)CCC1(C)CC1C(C)C. The van der Waals surface area contributed by atoms with Crippen LogP contribution in [0.25, 0.3) is 0 Å². The van der Waals surface area contributed by atoms with Gasteiger partial charge in [-0.1, -0.05) is 41.0 Å². The molecule has 12 heavy (non-hydrogen) atoms. The lowest BCUT2D eigenvalue weighted by Crippen LogP contribution is -2.04. The molecule has 0 amide bonds. The zero-order valence-electron chi connectivity index (χ0n) is 9.35. The minimum absolute atomic E-state index is 0.721. The maximum Gasteiger partial charge on any atom is -0.0292 e. The molecule has 1 rings (SSSR count). The predicted molar refractivity (Wildman–Crippen MR) is 55.1 cm³/mol. The molecule has 0 heteroatoms. The van der Waals surface area contributed by atoms with Crippen molar-refractivity contribution in [3.63, 3.8) is 0 Å². The molecule has 0 nitrogen and oxygen atoms in total. The van der Waals surface area contributed by atoms with E-state index in [9.17, 15) is 0 Å². The van der Waals surface area contributed by atoms with E-state index in [1.165, 1.54) is 19.3 Å². The first-order chi connectivity index (χ1) is 5.46. The van der Waals surface area contributed by atoms with Crippen molar-refractivity contribution in [1.82, 2.24) is 0 Å². The Kier molecular flexibility index (Phi) is 2.85. The van der Waals surface area contributed by atoms with E-state index in [0.29, 0.717) is 0 Å². The van der Waals surface area contributed by atoms with Crippen LogP contribution >= 0.6 is 0 Å². The van der Waals surface area contributed by atoms with Crippen molar-refractivity contribution in [2.24, 2.45) is 23.2 Å². The molecule has 0 saturated heterocycles. The van der Waals surface area contributed by atoms with Crippen LogP contribution in [-0.2, 0) is 0 Å². The van der Waals surface area contributed by atoms with Gasteiger partial charge in [-0.15, -0.1) is 0 Å². The van der Waals surface area contributed by atoms with Gasteiger partial charge in [0.25, 0.3) is 0 Å². The lowest BCUT2D eigenvalue weighted by atomic mass is 9.91. The fourth-order valence-electron chi connectivity index (χ4n) is 2.39. The van der Waals surface area contributed by atoms with Crippen LogP contribution in [0.15, 0.2) is 0 Å². The zero-order chi connectivity index (χ0) is 9.35. The molecular formula is C12H24. The number of rotatable bonds is 4. The summed E-state index contributed by atoms with van der Waals surface area (Å²) in [5.74, 6) is 2.81. The van der Waals surface area contributed by atoms with Gasteiger partial charge in [0.05, 0.1) is 0 Å². The summed E-state index contributed by atoms with van der Waals surface area (Å²) in [6, 6.07) is 0. The molecule has 0 spiro atoms. The molecule has 1 saturated carbocycles. The van der Waals surface area contributed by atoms with Crippen LogP contribution in [-0.4, -0.2) is 0 Å². The molecule has 0 aromatic rings. The summed E-state index contributed by atoms with van der Waals surface area (Å²) in [6.07, 6.45) is 4.35. The third-order valence-electron chi connectivity index (χ3n) is 3.52. The van der Waals surface area contributed by atoms with Gasteiger partial charge in [0, 0.05) is 0 Å². The van der Waals surface area contributed by atoms with Crippen LogP contribution in [0.5, 0.6) is 0 Å². The molecule has 2 atom stereocenters. The topological polar surface area (TPSA) is 0 Å². The highest BCUT2D eigenvalue weighted by atomic mass is 14.5. The second-order valence-corrected chi connectivity index (χ2v) is 5.64. The van der Waals surface area contributed by atoms with E-state index in [1.807, 2.05) is 0 Å². The van der Waals surface area contributed by atoms with Crippen molar-refractivity contribution >= 4 is 0 Å². The first-order valence-corrected chi connectivity index (χ1v) is 5.46. The first kappa shape index (κ1) is 10.1. The van der Waals surface area contributed by atoms with Crippen molar-refractivity contribution in [2.45, 2.75) is 53.9 Å². The van der Waals surface area contributed by atoms with E-state index in [1.54, 1.807) is 0 Å². The van der Waals surface area contributed by atoms with Gasteiger partial charge < -0.3 is 0 Å². The van der Waals surface area contributed by atoms with E-state index in [2.05, 4.69) is 34.6 Å². The van der Waals surface area contributed by atoms with E-state index in [-0.39, 0.29) is 0 Å². The van der Waals surface area contributed by atoms with Crippen LogP contribution < -0.4 is 0 Å². The highest BCUT2D eigenvalue weighted by Crippen LogP contribution is 2.59. The maximum absolute atomic E-state index is 2.47. The van der Waals surface area contributed by atoms with Crippen LogP contribution in [0.3, 0.4) is 0 Å². The van der Waals surface area contributed by atoms with Gasteiger partial charge in [0.2, 0.25) is 0 Å². The molecule has 0 bridgehead atoms. The van der Waals surface area contributed by atoms with E-state index in [0.717, 1.165) is 23.2 Å². The molecular weight excluding hydrogens is 144 g/mol. The first-order valence-electron chi connectivity index (χ1n) is 5.46. The highest BCUT2D eigenvalue weighted by molar-refractivity contribution is 4.99. The molecule has 1 aliphatic carbocycles. The lowest BCUT2D eigenvalue weighted by molar-refractivity contribution is 0.364. The van der Waals surface area contributed by atoms with Gasteiger partial charge in [-0.2, -0.15) is 0 Å². The van der Waals surface area contributed by atoms with Crippen LogP contribution in [0.4, 0.5) is 0 Å². The van der Waals surface area contributed by atoms with Gasteiger partial charge >= 0.3 is 0 Å². The maximum atomic E-state index is 2.47. The minimum atomic E-state index is 0.721. The standard InChI is InChI=1S/C12H24/c1-9(2)6-7-12(5)8-11(12)10(3)4/h9-11H,6-8H2,1-5H3. The van der Waals surface area contributed by atoms with Crippen molar-refractivity contribution in [3.05, 3.63) is 0 Å². The second-order valence-electron chi connectivity index (χ2n) is 5.64. The van der Waals surface area contributed by atoms with Gasteiger partial charge in [0.1, 0.15) is 0 Å². The number of hydrogen-bond acceptors (Lipinski definition) is 0. The largest absolute Gasteiger partial charge is 0.0628 e. The van der Waals surface area contributed by atoms with Crippen LogP contribution in [0, 0.1) is 23.2 Å². The molecule has 0 aromatic heterocycles. The van der Waals surface area contributed by atoms with Gasteiger partial charge in [-0.3, -0.25) is 0 Å². The van der Waals surface area contributed by atoms with Crippen molar-refractivity contribution in [1.29, 1.82) is 0 Å². The third kappa shape index (κ3) is 2.24. The third-order valence-corrected chi connectivity index (χ3v) is 3.52. The smallest absolute Gasteiger partial charge is 0.0292 e. The summed E-state index contributed by atoms with van der Waals surface area (Å²) < 4.78 is 0. The molecule has 0 N–H and O–H groups in total.